The molecule has 0 unspecified atom stereocenters. The van der Waals surface area contributed by atoms with Crippen LogP contribution in [0.1, 0.15) is 11.1 Å². The molecule has 0 N–H and O–H groups in total. The lowest BCUT2D eigenvalue weighted by Gasteiger charge is -2.25. The van der Waals surface area contributed by atoms with Crippen molar-refractivity contribution in [1.29, 1.82) is 0 Å². The number of benzene rings is 2. The van der Waals surface area contributed by atoms with Gasteiger partial charge in [0, 0.05) is 5.02 Å². The zero-order chi connectivity index (χ0) is 19.5. The lowest BCUT2D eigenvalue weighted by molar-refractivity contribution is -0.138. The molecule has 140 valence electrons. The van der Waals surface area contributed by atoms with Crippen molar-refractivity contribution in [2.45, 2.75) is 18.7 Å². The molecule has 0 radical (unpaired) electrons. The van der Waals surface area contributed by atoms with Crippen molar-refractivity contribution < 1.29 is 22.7 Å². The number of aryl methyl sites for hydroxylation is 1. The second-order valence-electron chi connectivity index (χ2n) is 5.60. The van der Waals surface area contributed by atoms with E-state index in [-0.39, 0.29) is 4.90 Å². The highest BCUT2D eigenvalue weighted by Crippen LogP contribution is 2.32. The van der Waals surface area contributed by atoms with Crippen LogP contribution in [0.2, 0.25) is 5.02 Å². The van der Waals surface area contributed by atoms with Crippen molar-refractivity contribution in [3.63, 3.8) is 0 Å². The summed E-state index contributed by atoms with van der Waals surface area (Å²) in [5, 5.41) is 0.401. The molecule has 0 saturated carbocycles. The van der Waals surface area contributed by atoms with Gasteiger partial charge in [-0.2, -0.15) is 0 Å². The quantitative estimate of drug-likeness (QED) is 0.699. The minimum absolute atomic E-state index is 0.0408. The molecule has 0 saturated heterocycles. The summed E-state index contributed by atoms with van der Waals surface area (Å²) in [6.45, 7) is 2.97. The molecule has 2 aromatic carbocycles. The first-order chi connectivity index (χ1) is 12.2. The van der Waals surface area contributed by atoms with Crippen molar-refractivity contribution in [3.05, 3.63) is 52.5 Å². The number of hydrogen-bond donors (Lipinski definition) is 0. The van der Waals surface area contributed by atoms with Crippen molar-refractivity contribution in [1.82, 2.24) is 0 Å². The molecule has 0 aliphatic heterocycles. The van der Waals surface area contributed by atoms with E-state index >= 15 is 0 Å². The van der Waals surface area contributed by atoms with Crippen molar-refractivity contribution in [3.8, 4) is 5.75 Å². The van der Waals surface area contributed by atoms with Gasteiger partial charge < -0.3 is 9.47 Å². The Balaban J connectivity index is 2.62. The molecule has 0 bridgehead atoms. The van der Waals surface area contributed by atoms with Crippen LogP contribution in [0.3, 0.4) is 0 Å². The van der Waals surface area contributed by atoms with Gasteiger partial charge in [0.1, 0.15) is 12.3 Å². The molecule has 26 heavy (non-hydrogen) atoms. The lowest BCUT2D eigenvalue weighted by atomic mass is 10.2. The Morgan fingerprint density at radius 2 is 1.85 bits per heavy atom. The van der Waals surface area contributed by atoms with E-state index in [2.05, 4.69) is 4.74 Å². The first-order valence-corrected chi connectivity index (χ1v) is 9.53. The normalized spacial score (nSPS) is 11.1. The van der Waals surface area contributed by atoms with E-state index in [9.17, 15) is 13.2 Å². The van der Waals surface area contributed by atoms with Gasteiger partial charge in [-0.25, -0.2) is 8.42 Å². The molecule has 6 nitrogen and oxygen atoms in total. The summed E-state index contributed by atoms with van der Waals surface area (Å²) in [7, 11) is -1.31. The molecular weight excluding hydrogens is 378 g/mol. The molecule has 0 spiro atoms. The number of carbonyl (C=O) groups excluding carboxylic acids is 1. The number of halogens is 1. The van der Waals surface area contributed by atoms with Gasteiger partial charge in [-0.05, 0) is 55.3 Å². The Morgan fingerprint density at radius 3 is 2.42 bits per heavy atom. The molecular formula is C18H20ClNO5S. The zero-order valence-corrected chi connectivity index (χ0v) is 16.5. The fourth-order valence-corrected chi connectivity index (χ4v) is 4.21. The fourth-order valence-electron chi connectivity index (χ4n) is 2.49. The van der Waals surface area contributed by atoms with E-state index in [1.165, 1.54) is 26.4 Å². The number of hydrogen-bond acceptors (Lipinski definition) is 5. The van der Waals surface area contributed by atoms with Gasteiger partial charge in [-0.15, -0.1) is 0 Å². The number of anilines is 1. The first-order valence-electron chi connectivity index (χ1n) is 7.71. The van der Waals surface area contributed by atoms with Crippen LogP contribution in [0.4, 0.5) is 5.69 Å². The summed E-state index contributed by atoms with van der Waals surface area (Å²) < 4.78 is 37.3. The number of sulfonamides is 1. The average molecular weight is 398 g/mol. The second kappa shape index (κ2) is 7.97. The van der Waals surface area contributed by atoms with Gasteiger partial charge >= 0.3 is 5.97 Å². The maximum atomic E-state index is 13.2. The Morgan fingerprint density at radius 1 is 1.15 bits per heavy atom. The van der Waals surface area contributed by atoms with Crippen LogP contribution in [0.15, 0.2) is 41.3 Å². The van der Waals surface area contributed by atoms with Crippen LogP contribution in [-0.2, 0) is 19.6 Å². The smallest absolute Gasteiger partial charge is 0.326 e. The number of nitrogens with zero attached hydrogens (tertiary/aromatic N) is 1. The molecule has 2 rings (SSSR count). The summed E-state index contributed by atoms with van der Waals surface area (Å²) in [6.07, 6.45) is 0. The lowest BCUT2D eigenvalue weighted by Crippen LogP contribution is -2.36. The largest absolute Gasteiger partial charge is 0.496 e. The van der Waals surface area contributed by atoms with Gasteiger partial charge in [-0.1, -0.05) is 17.7 Å². The highest BCUT2D eigenvalue weighted by Gasteiger charge is 2.29. The number of methoxy groups -OCH3 is 2. The number of rotatable bonds is 6. The van der Waals surface area contributed by atoms with E-state index in [1.807, 2.05) is 0 Å². The van der Waals surface area contributed by atoms with Crippen LogP contribution >= 0.6 is 11.6 Å². The predicted molar refractivity (Wildman–Crippen MR) is 100 cm³/mol. The molecule has 0 aliphatic carbocycles. The van der Waals surface area contributed by atoms with Crippen molar-refractivity contribution in [2.75, 3.05) is 25.1 Å². The van der Waals surface area contributed by atoms with E-state index in [4.69, 9.17) is 16.3 Å². The molecule has 2 aromatic rings. The summed E-state index contributed by atoms with van der Waals surface area (Å²) >= 11 is 6.14. The highest BCUT2D eigenvalue weighted by molar-refractivity contribution is 7.92. The van der Waals surface area contributed by atoms with E-state index in [0.29, 0.717) is 27.6 Å². The Bertz CT molecular complexity index is 927. The standard InChI is InChI=1S/C18H20ClNO5S/c1-12-10-14(8-9-17(12)24-3)26(22,23)20(11-18(21)25-4)16-7-5-6-15(19)13(16)2/h5-10H,11H2,1-4H3. The average Bonchev–Trinajstić information content (AvgIpc) is 2.61. The summed E-state index contributed by atoms with van der Waals surface area (Å²) in [5.41, 5.74) is 1.53. The van der Waals surface area contributed by atoms with Crippen LogP contribution in [0.25, 0.3) is 0 Å². The molecule has 0 heterocycles. The highest BCUT2D eigenvalue weighted by atomic mass is 35.5. The van der Waals surface area contributed by atoms with Gasteiger partial charge in [-0.3, -0.25) is 9.10 Å². The number of ether oxygens (including phenoxy) is 2. The third-order valence-corrected chi connectivity index (χ3v) is 6.13. The third kappa shape index (κ3) is 3.94. The van der Waals surface area contributed by atoms with Crippen LogP contribution < -0.4 is 9.04 Å². The maximum absolute atomic E-state index is 13.2. The Labute approximate surface area is 158 Å². The van der Waals surface area contributed by atoms with Crippen molar-refractivity contribution >= 4 is 33.3 Å². The van der Waals surface area contributed by atoms with Gasteiger partial charge in [0.05, 0.1) is 24.8 Å². The fraction of sp³-hybridized carbons (Fsp3) is 0.278. The van der Waals surface area contributed by atoms with Crippen LogP contribution in [-0.4, -0.2) is 35.2 Å². The monoisotopic (exact) mass is 397 g/mol. The Kier molecular flexibility index (Phi) is 6.15. The molecule has 0 aliphatic rings. The van der Waals surface area contributed by atoms with Gasteiger partial charge in [0.15, 0.2) is 0 Å². The summed E-state index contributed by atoms with van der Waals surface area (Å²) in [4.78, 5) is 11.9. The molecule has 0 fully saturated rings. The van der Waals surface area contributed by atoms with E-state index in [0.717, 1.165) is 4.31 Å². The zero-order valence-electron chi connectivity index (χ0n) is 14.9. The predicted octanol–water partition coefficient (Wildman–Crippen LogP) is 3.33. The minimum Gasteiger partial charge on any atom is -0.496 e. The second-order valence-corrected chi connectivity index (χ2v) is 7.87. The van der Waals surface area contributed by atoms with Gasteiger partial charge in [0.2, 0.25) is 0 Å². The SMILES string of the molecule is COC(=O)CN(c1cccc(Cl)c1C)S(=O)(=O)c1ccc(OC)c(C)c1. The van der Waals surface area contributed by atoms with Gasteiger partial charge in [0.25, 0.3) is 10.0 Å². The summed E-state index contributed by atoms with van der Waals surface area (Å²) in [5.74, 6) is -0.111. The number of carbonyl (C=O) groups is 1. The topological polar surface area (TPSA) is 72.9 Å². The third-order valence-electron chi connectivity index (χ3n) is 3.96. The maximum Gasteiger partial charge on any atom is 0.326 e. The summed E-state index contributed by atoms with van der Waals surface area (Å²) in [6, 6.07) is 9.38. The molecule has 0 amide bonds. The van der Waals surface area contributed by atoms with Crippen molar-refractivity contribution in [2.24, 2.45) is 0 Å². The van der Waals surface area contributed by atoms with E-state index in [1.54, 1.807) is 38.1 Å². The Hall–Kier alpha value is -2.25. The van der Waals surface area contributed by atoms with Crippen LogP contribution in [0, 0.1) is 13.8 Å². The minimum atomic E-state index is -4.03. The molecule has 8 heteroatoms. The van der Waals surface area contributed by atoms with E-state index < -0.39 is 22.5 Å². The molecule has 0 aromatic heterocycles. The number of esters is 1. The molecule has 0 atom stereocenters. The van der Waals surface area contributed by atoms with Crippen LogP contribution in [0.5, 0.6) is 5.75 Å². The first kappa shape index (κ1) is 20.1.